The minimum atomic E-state index is -4.39. The highest BCUT2D eigenvalue weighted by atomic mass is 32.2. The number of hydrogen-bond donors (Lipinski definition) is 1. The van der Waals surface area contributed by atoms with Crippen LogP contribution in [0.15, 0.2) is 46.1 Å². The van der Waals surface area contributed by atoms with Crippen molar-refractivity contribution < 1.29 is 31.5 Å². The highest BCUT2D eigenvalue weighted by Crippen LogP contribution is 2.38. The van der Waals surface area contributed by atoms with Gasteiger partial charge in [-0.1, -0.05) is 5.16 Å². The van der Waals surface area contributed by atoms with Crippen molar-refractivity contribution in [3.8, 4) is 29.7 Å². The highest BCUT2D eigenvalue weighted by Gasteiger charge is 2.30. The van der Waals surface area contributed by atoms with Crippen LogP contribution in [0.5, 0.6) is 17.4 Å². The highest BCUT2D eigenvalue weighted by molar-refractivity contribution is 7.93. The first-order valence-corrected chi connectivity index (χ1v) is 11.1. The van der Waals surface area contributed by atoms with Gasteiger partial charge >= 0.3 is 0 Å². The van der Waals surface area contributed by atoms with Crippen molar-refractivity contribution in [3.63, 3.8) is 0 Å². The van der Waals surface area contributed by atoms with E-state index in [4.69, 9.17) is 25.2 Å². The van der Waals surface area contributed by atoms with Crippen molar-refractivity contribution in [2.75, 3.05) is 25.8 Å². The third kappa shape index (κ3) is 4.30. The molecule has 0 aliphatic carbocycles. The van der Waals surface area contributed by atoms with Crippen molar-refractivity contribution in [1.29, 1.82) is 0 Å². The van der Waals surface area contributed by atoms with Crippen LogP contribution in [0.25, 0.3) is 11.0 Å². The van der Waals surface area contributed by atoms with Crippen molar-refractivity contribution in [2.24, 2.45) is 0 Å². The van der Waals surface area contributed by atoms with E-state index in [0.29, 0.717) is 12.1 Å². The molecule has 0 bridgehead atoms. The van der Waals surface area contributed by atoms with Crippen LogP contribution in [-0.2, 0) is 16.6 Å². The van der Waals surface area contributed by atoms with Gasteiger partial charge in [0.15, 0.2) is 16.3 Å². The number of terminal acetylenes is 1. The fourth-order valence-corrected chi connectivity index (χ4v) is 4.54. The molecule has 0 amide bonds. The summed E-state index contributed by atoms with van der Waals surface area (Å²) in [5.41, 5.74) is 0.955. The van der Waals surface area contributed by atoms with Crippen LogP contribution in [0.1, 0.15) is 11.3 Å². The van der Waals surface area contributed by atoms with E-state index in [-0.39, 0.29) is 39.9 Å². The third-order valence-electron chi connectivity index (χ3n) is 4.68. The second-order valence-corrected chi connectivity index (χ2v) is 8.37. The fourth-order valence-electron chi connectivity index (χ4n) is 3.28. The van der Waals surface area contributed by atoms with Crippen molar-refractivity contribution in [1.82, 2.24) is 19.9 Å². The van der Waals surface area contributed by atoms with Crippen LogP contribution in [0.2, 0.25) is 0 Å². The van der Waals surface area contributed by atoms with E-state index < -0.39 is 21.8 Å². The molecule has 0 saturated heterocycles. The lowest BCUT2D eigenvalue weighted by Crippen LogP contribution is -2.17. The van der Waals surface area contributed by atoms with Gasteiger partial charge in [-0.05, 0) is 29.7 Å². The molecule has 11 nitrogen and oxygen atoms in total. The predicted molar refractivity (Wildman–Crippen MR) is 118 cm³/mol. The Labute approximate surface area is 193 Å². The zero-order valence-corrected chi connectivity index (χ0v) is 18.8. The Hall–Kier alpha value is -4.31. The molecule has 0 radical (unpaired) electrons. The molecule has 1 N–H and O–H groups in total. The Bertz CT molecular complexity index is 1450. The standard InChI is InChI=1S/C21H18FN5O6S/c1-4-14-10-17(30-2)19(21(24-14)31-3)34(28,29)26-20-18-15(32-12-22)8-13(9-16(18)33-25-20)11-27-7-5-6-23-27/h1,5-10H,11-12H2,2-3H3,(H,25,26). The lowest BCUT2D eigenvalue weighted by atomic mass is 10.1. The number of methoxy groups -OCH3 is 2. The van der Waals surface area contributed by atoms with Gasteiger partial charge in [-0.15, -0.1) is 6.42 Å². The summed E-state index contributed by atoms with van der Waals surface area (Å²) < 4.78 is 64.4. The molecule has 0 aliphatic rings. The van der Waals surface area contributed by atoms with E-state index in [1.165, 1.54) is 20.3 Å². The quantitative estimate of drug-likeness (QED) is 0.354. The first kappa shape index (κ1) is 22.9. The second-order valence-electron chi connectivity index (χ2n) is 6.75. The van der Waals surface area contributed by atoms with Crippen LogP contribution in [-0.4, -0.2) is 49.4 Å². The average molecular weight is 487 g/mol. The molecule has 0 atom stereocenters. The van der Waals surface area contributed by atoms with Crippen LogP contribution < -0.4 is 18.9 Å². The smallest absolute Gasteiger partial charge is 0.272 e. The van der Waals surface area contributed by atoms with Gasteiger partial charge in [0.2, 0.25) is 12.7 Å². The number of benzene rings is 1. The normalized spacial score (nSPS) is 11.2. The summed E-state index contributed by atoms with van der Waals surface area (Å²) in [6, 6.07) is 6.20. The zero-order chi connectivity index (χ0) is 24.3. The summed E-state index contributed by atoms with van der Waals surface area (Å²) in [5, 5.41) is 8.05. The van der Waals surface area contributed by atoms with Crippen LogP contribution in [0.4, 0.5) is 10.2 Å². The average Bonchev–Trinajstić information content (AvgIpc) is 3.48. The van der Waals surface area contributed by atoms with Crippen molar-refractivity contribution in [3.05, 3.63) is 47.9 Å². The number of nitrogens with zero attached hydrogens (tertiary/aromatic N) is 4. The molecule has 34 heavy (non-hydrogen) atoms. The van der Waals surface area contributed by atoms with Crippen LogP contribution >= 0.6 is 0 Å². The predicted octanol–water partition coefficient (Wildman–Crippen LogP) is 2.57. The molecule has 0 spiro atoms. The Morgan fingerprint density at radius 1 is 1.24 bits per heavy atom. The van der Waals surface area contributed by atoms with E-state index >= 15 is 0 Å². The van der Waals surface area contributed by atoms with Crippen molar-refractivity contribution >= 4 is 26.8 Å². The molecule has 0 fully saturated rings. The monoisotopic (exact) mass is 487 g/mol. The number of halogens is 1. The molecule has 13 heteroatoms. The summed E-state index contributed by atoms with van der Waals surface area (Å²) in [6.45, 7) is -0.814. The zero-order valence-electron chi connectivity index (χ0n) is 18.0. The van der Waals surface area contributed by atoms with Gasteiger partial charge in [0.25, 0.3) is 10.0 Å². The van der Waals surface area contributed by atoms with Crippen LogP contribution in [0, 0.1) is 12.3 Å². The Morgan fingerprint density at radius 2 is 2.06 bits per heavy atom. The number of aromatic nitrogens is 4. The van der Waals surface area contributed by atoms with Gasteiger partial charge < -0.3 is 18.7 Å². The lowest BCUT2D eigenvalue weighted by Gasteiger charge is -2.14. The molecule has 0 saturated carbocycles. The van der Waals surface area contributed by atoms with Gasteiger partial charge in [-0.3, -0.25) is 9.40 Å². The van der Waals surface area contributed by atoms with Gasteiger partial charge in [-0.2, -0.15) is 5.10 Å². The van der Waals surface area contributed by atoms with E-state index in [1.54, 1.807) is 35.3 Å². The second kappa shape index (κ2) is 9.28. The van der Waals surface area contributed by atoms with Gasteiger partial charge in [0, 0.05) is 18.5 Å². The van der Waals surface area contributed by atoms with Gasteiger partial charge in [0.1, 0.15) is 22.6 Å². The Balaban J connectivity index is 1.78. The maximum Gasteiger partial charge on any atom is 0.272 e. The molecule has 3 heterocycles. The number of anilines is 1. The molecular weight excluding hydrogens is 469 g/mol. The maximum absolute atomic E-state index is 13.3. The van der Waals surface area contributed by atoms with E-state index in [9.17, 15) is 12.8 Å². The Morgan fingerprint density at radius 3 is 2.71 bits per heavy atom. The molecule has 4 aromatic rings. The molecular formula is C21H18FN5O6S. The first-order chi connectivity index (χ1) is 16.4. The minimum absolute atomic E-state index is 0.0286. The fraction of sp³-hybridized carbons (Fsp3) is 0.190. The topological polar surface area (TPSA) is 131 Å². The van der Waals surface area contributed by atoms with E-state index in [1.807, 2.05) is 0 Å². The number of hydrogen-bond acceptors (Lipinski definition) is 9. The van der Waals surface area contributed by atoms with Crippen molar-refractivity contribution in [2.45, 2.75) is 11.4 Å². The molecule has 0 unspecified atom stereocenters. The number of nitrogens with one attached hydrogen (secondary N) is 1. The minimum Gasteiger partial charge on any atom is -0.495 e. The summed E-state index contributed by atoms with van der Waals surface area (Å²) >= 11 is 0. The van der Waals surface area contributed by atoms with Gasteiger partial charge in [-0.25, -0.2) is 17.8 Å². The number of rotatable bonds is 9. The Kier molecular flexibility index (Phi) is 6.24. The van der Waals surface area contributed by atoms with E-state index in [0.717, 1.165) is 0 Å². The maximum atomic E-state index is 13.3. The lowest BCUT2D eigenvalue weighted by molar-refractivity contribution is 0.194. The molecule has 1 aromatic carbocycles. The third-order valence-corrected chi connectivity index (χ3v) is 6.06. The summed E-state index contributed by atoms with van der Waals surface area (Å²) in [4.78, 5) is 3.58. The molecule has 176 valence electrons. The number of alkyl halides is 1. The summed E-state index contributed by atoms with van der Waals surface area (Å²) in [6.07, 6.45) is 8.73. The summed E-state index contributed by atoms with van der Waals surface area (Å²) in [5.74, 6) is 1.72. The van der Waals surface area contributed by atoms with Gasteiger partial charge in [0.05, 0.1) is 20.8 Å². The van der Waals surface area contributed by atoms with E-state index in [2.05, 4.69) is 25.9 Å². The first-order valence-electron chi connectivity index (χ1n) is 9.61. The molecule has 3 aromatic heterocycles. The summed E-state index contributed by atoms with van der Waals surface area (Å²) in [7, 11) is -1.88. The molecule has 0 aliphatic heterocycles. The number of pyridine rings is 1. The molecule has 4 rings (SSSR count). The SMILES string of the molecule is C#Cc1cc(OC)c(S(=O)(=O)Nc2noc3cc(Cn4cccn4)cc(OCF)c23)c(OC)n1. The number of sulfonamides is 1. The number of ether oxygens (including phenoxy) is 3. The van der Waals surface area contributed by atoms with Crippen LogP contribution in [0.3, 0.4) is 0 Å². The number of fused-ring (bicyclic) bond motifs is 1. The largest absolute Gasteiger partial charge is 0.495 e.